The second-order valence-corrected chi connectivity index (χ2v) is 5.68. The number of hydrogen-bond donors (Lipinski definition) is 2. The molecule has 118 valence electrons. The van der Waals surface area contributed by atoms with Crippen LogP contribution in [0.1, 0.15) is 0 Å². The highest BCUT2D eigenvalue weighted by Gasteiger charge is 2.13. The van der Waals surface area contributed by atoms with Gasteiger partial charge in [-0.15, -0.1) is 0 Å². The third-order valence-electron chi connectivity index (χ3n) is 3.71. The van der Waals surface area contributed by atoms with Crippen LogP contribution in [0.4, 0.5) is 10.3 Å². The van der Waals surface area contributed by atoms with Gasteiger partial charge in [-0.25, -0.2) is 14.4 Å². The van der Waals surface area contributed by atoms with Gasteiger partial charge in [-0.3, -0.25) is 4.98 Å². The molecule has 0 spiro atoms. The zero-order valence-electron chi connectivity index (χ0n) is 12.3. The first-order valence-corrected chi connectivity index (χ1v) is 7.51. The number of nitrogen functional groups attached to an aromatic ring is 1. The Labute approximate surface area is 141 Å². The molecule has 0 saturated carbocycles. The number of H-pyrrole nitrogens is 1. The van der Waals surface area contributed by atoms with E-state index in [0.29, 0.717) is 16.4 Å². The van der Waals surface area contributed by atoms with Crippen molar-refractivity contribution in [2.45, 2.75) is 0 Å². The SMILES string of the molecule is Nc1nc(-c2cc(Cl)ccc2F)cc(-c2c[nH]c3cnccc23)n1. The van der Waals surface area contributed by atoms with Gasteiger partial charge in [0, 0.05) is 33.9 Å². The number of fused-ring (bicyclic) bond motifs is 1. The number of nitrogens with one attached hydrogen (secondary N) is 1. The Hall–Kier alpha value is -2.99. The molecule has 4 rings (SSSR count). The van der Waals surface area contributed by atoms with E-state index in [-0.39, 0.29) is 11.5 Å². The van der Waals surface area contributed by atoms with Gasteiger partial charge in [-0.1, -0.05) is 11.6 Å². The Bertz CT molecular complexity index is 1060. The molecular weight excluding hydrogens is 329 g/mol. The Morgan fingerprint density at radius 1 is 1.04 bits per heavy atom. The summed E-state index contributed by atoms with van der Waals surface area (Å²) in [5, 5.41) is 1.36. The first-order chi connectivity index (χ1) is 11.6. The van der Waals surface area contributed by atoms with Crippen molar-refractivity contribution in [3.05, 3.63) is 59.8 Å². The van der Waals surface area contributed by atoms with E-state index in [9.17, 15) is 4.39 Å². The molecule has 1 aromatic carbocycles. The molecule has 3 N–H and O–H groups in total. The maximum absolute atomic E-state index is 14.1. The van der Waals surface area contributed by atoms with Crippen LogP contribution in [0.5, 0.6) is 0 Å². The number of rotatable bonds is 2. The molecule has 0 saturated heterocycles. The standard InChI is InChI=1S/C17H11ClFN5/c18-9-1-2-13(19)11(5-9)14-6-15(24-17(20)23-14)12-7-22-16-8-21-4-3-10(12)16/h1-8,22H,(H2,20,23,24). The second-order valence-electron chi connectivity index (χ2n) is 5.24. The number of nitrogens with zero attached hydrogens (tertiary/aromatic N) is 3. The fourth-order valence-electron chi connectivity index (χ4n) is 2.62. The molecule has 0 unspecified atom stereocenters. The number of hydrogen-bond acceptors (Lipinski definition) is 4. The Morgan fingerprint density at radius 2 is 1.83 bits per heavy atom. The summed E-state index contributed by atoms with van der Waals surface area (Å²) in [6, 6.07) is 7.86. The Kier molecular flexibility index (Phi) is 3.39. The number of anilines is 1. The summed E-state index contributed by atoms with van der Waals surface area (Å²) in [4.78, 5) is 15.6. The smallest absolute Gasteiger partial charge is 0.221 e. The van der Waals surface area contributed by atoms with Gasteiger partial charge >= 0.3 is 0 Å². The van der Waals surface area contributed by atoms with Gasteiger partial charge < -0.3 is 10.7 Å². The van der Waals surface area contributed by atoms with Gasteiger partial charge in [0.2, 0.25) is 5.95 Å². The number of nitrogens with two attached hydrogens (primary N) is 1. The summed E-state index contributed by atoms with van der Waals surface area (Å²) in [6.45, 7) is 0. The van der Waals surface area contributed by atoms with Crippen LogP contribution in [0.3, 0.4) is 0 Å². The van der Waals surface area contributed by atoms with Crippen LogP contribution in [0.2, 0.25) is 5.02 Å². The van der Waals surface area contributed by atoms with Gasteiger partial charge in [0.25, 0.3) is 0 Å². The lowest BCUT2D eigenvalue weighted by molar-refractivity contribution is 0.631. The van der Waals surface area contributed by atoms with Crippen LogP contribution >= 0.6 is 11.6 Å². The highest BCUT2D eigenvalue weighted by atomic mass is 35.5. The van der Waals surface area contributed by atoms with Crippen LogP contribution in [0.25, 0.3) is 33.4 Å². The van der Waals surface area contributed by atoms with Crippen LogP contribution in [-0.4, -0.2) is 19.9 Å². The number of aromatic nitrogens is 4. The zero-order valence-corrected chi connectivity index (χ0v) is 13.0. The Morgan fingerprint density at radius 3 is 2.67 bits per heavy atom. The van der Waals surface area contributed by atoms with Crippen LogP contribution in [0.15, 0.2) is 48.9 Å². The van der Waals surface area contributed by atoms with Gasteiger partial charge in [-0.05, 0) is 30.3 Å². The van der Waals surface area contributed by atoms with Crippen molar-refractivity contribution in [3.8, 4) is 22.5 Å². The molecule has 24 heavy (non-hydrogen) atoms. The minimum absolute atomic E-state index is 0.0604. The molecular formula is C17H11ClFN5. The van der Waals surface area contributed by atoms with Crippen molar-refractivity contribution in [2.24, 2.45) is 0 Å². The number of benzene rings is 1. The molecule has 3 heterocycles. The molecule has 0 aliphatic heterocycles. The second kappa shape index (κ2) is 5.58. The van der Waals surface area contributed by atoms with Crippen molar-refractivity contribution in [3.63, 3.8) is 0 Å². The quantitative estimate of drug-likeness (QED) is 0.577. The maximum Gasteiger partial charge on any atom is 0.221 e. The predicted molar refractivity (Wildman–Crippen MR) is 91.9 cm³/mol. The molecule has 7 heteroatoms. The summed E-state index contributed by atoms with van der Waals surface area (Å²) in [5.41, 5.74) is 8.79. The fourth-order valence-corrected chi connectivity index (χ4v) is 2.79. The molecule has 0 bridgehead atoms. The van der Waals surface area contributed by atoms with E-state index in [1.165, 1.54) is 18.2 Å². The lowest BCUT2D eigenvalue weighted by atomic mass is 10.1. The van der Waals surface area contributed by atoms with Crippen LogP contribution < -0.4 is 5.73 Å². The third-order valence-corrected chi connectivity index (χ3v) is 3.94. The molecule has 0 aliphatic carbocycles. The summed E-state index contributed by atoms with van der Waals surface area (Å²) in [6.07, 6.45) is 5.23. The highest BCUT2D eigenvalue weighted by Crippen LogP contribution is 2.31. The van der Waals surface area contributed by atoms with Crippen molar-refractivity contribution in [1.29, 1.82) is 0 Å². The first kappa shape index (κ1) is 14.6. The van der Waals surface area contributed by atoms with Gasteiger partial charge in [0.05, 0.1) is 23.1 Å². The van der Waals surface area contributed by atoms with Crippen molar-refractivity contribution in [2.75, 3.05) is 5.73 Å². The summed E-state index contributed by atoms with van der Waals surface area (Å²) >= 11 is 5.97. The predicted octanol–water partition coefficient (Wildman–Crippen LogP) is 4.06. The molecule has 0 atom stereocenters. The lowest BCUT2D eigenvalue weighted by Crippen LogP contribution is -1.99. The van der Waals surface area contributed by atoms with E-state index in [1.54, 1.807) is 18.5 Å². The number of pyridine rings is 1. The molecule has 4 aromatic rings. The number of halogens is 2. The average molecular weight is 340 g/mol. The minimum atomic E-state index is -0.424. The summed E-state index contributed by atoms with van der Waals surface area (Å²) in [7, 11) is 0. The van der Waals surface area contributed by atoms with Gasteiger partial charge in [0.1, 0.15) is 5.82 Å². The topological polar surface area (TPSA) is 80.5 Å². The highest BCUT2D eigenvalue weighted by molar-refractivity contribution is 6.30. The first-order valence-electron chi connectivity index (χ1n) is 7.13. The fraction of sp³-hybridized carbons (Fsp3) is 0. The molecule has 0 radical (unpaired) electrons. The molecule has 3 aromatic heterocycles. The Balaban J connectivity index is 1.92. The average Bonchev–Trinajstić information content (AvgIpc) is 3.00. The largest absolute Gasteiger partial charge is 0.368 e. The van der Waals surface area contributed by atoms with E-state index in [0.717, 1.165) is 16.5 Å². The van der Waals surface area contributed by atoms with E-state index in [4.69, 9.17) is 17.3 Å². The molecule has 5 nitrogen and oxygen atoms in total. The van der Waals surface area contributed by atoms with E-state index >= 15 is 0 Å². The normalized spacial score (nSPS) is 11.1. The molecule has 0 fully saturated rings. The van der Waals surface area contributed by atoms with Gasteiger partial charge in [-0.2, -0.15) is 0 Å². The van der Waals surface area contributed by atoms with Gasteiger partial charge in [0.15, 0.2) is 0 Å². The van der Waals surface area contributed by atoms with Crippen molar-refractivity contribution >= 4 is 28.5 Å². The van der Waals surface area contributed by atoms with Crippen molar-refractivity contribution < 1.29 is 4.39 Å². The van der Waals surface area contributed by atoms with Crippen molar-refractivity contribution in [1.82, 2.24) is 19.9 Å². The third kappa shape index (κ3) is 2.47. The van der Waals surface area contributed by atoms with Crippen LogP contribution in [-0.2, 0) is 0 Å². The summed E-state index contributed by atoms with van der Waals surface area (Å²) < 4.78 is 14.1. The lowest BCUT2D eigenvalue weighted by Gasteiger charge is -2.07. The van der Waals surface area contributed by atoms with E-state index in [2.05, 4.69) is 19.9 Å². The molecule has 0 aliphatic rings. The van der Waals surface area contributed by atoms with E-state index in [1.807, 2.05) is 12.3 Å². The number of aromatic amines is 1. The maximum atomic E-state index is 14.1. The van der Waals surface area contributed by atoms with Crippen LogP contribution in [0, 0.1) is 5.82 Å². The zero-order chi connectivity index (χ0) is 16.7. The monoisotopic (exact) mass is 339 g/mol. The van der Waals surface area contributed by atoms with E-state index < -0.39 is 5.82 Å². The molecule has 0 amide bonds. The summed E-state index contributed by atoms with van der Waals surface area (Å²) in [5.74, 6) is -0.364. The minimum Gasteiger partial charge on any atom is -0.368 e.